The number of hydrogen-bond donors (Lipinski definition) is 1. The first-order chi connectivity index (χ1) is 6.74. The van der Waals surface area contributed by atoms with Crippen molar-refractivity contribution in [2.24, 2.45) is 0 Å². The molecule has 1 atom stereocenters. The molecular formula is C10H14ClNOS. The van der Waals surface area contributed by atoms with Crippen LogP contribution < -0.4 is 5.32 Å². The summed E-state index contributed by atoms with van der Waals surface area (Å²) in [6, 6.07) is 3.67. The van der Waals surface area contributed by atoms with E-state index in [0.29, 0.717) is 6.54 Å². The first kappa shape index (κ1) is 11.5. The highest BCUT2D eigenvalue weighted by Crippen LogP contribution is 2.08. The molecule has 0 saturated heterocycles. The zero-order valence-corrected chi connectivity index (χ0v) is 9.70. The van der Waals surface area contributed by atoms with E-state index in [0.717, 1.165) is 17.7 Å². The van der Waals surface area contributed by atoms with E-state index in [1.165, 1.54) is 11.3 Å². The minimum absolute atomic E-state index is 0.0262. The van der Waals surface area contributed by atoms with Crippen LogP contribution in [0.5, 0.6) is 0 Å². The van der Waals surface area contributed by atoms with Crippen LogP contribution in [0, 0.1) is 0 Å². The number of hydrogen-bond acceptors (Lipinski definition) is 2. The molecule has 0 spiro atoms. The number of carbonyl (C=O) groups is 1. The second-order valence-corrected chi connectivity index (χ2v) is 4.64. The maximum Gasteiger partial charge on any atom is 0.261 e. The molecule has 1 rings (SSSR count). The quantitative estimate of drug-likeness (QED) is 0.776. The third-order valence-corrected chi connectivity index (χ3v) is 3.07. The Morgan fingerprint density at radius 2 is 2.50 bits per heavy atom. The first-order valence-electron chi connectivity index (χ1n) is 4.69. The molecule has 14 heavy (non-hydrogen) atoms. The van der Waals surface area contributed by atoms with Crippen LogP contribution in [0.2, 0.25) is 0 Å². The van der Waals surface area contributed by atoms with Crippen molar-refractivity contribution < 1.29 is 4.79 Å². The van der Waals surface area contributed by atoms with E-state index >= 15 is 0 Å². The van der Waals surface area contributed by atoms with Crippen molar-refractivity contribution in [2.45, 2.75) is 25.1 Å². The maximum absolute atomic E-state index is 11.5. The third-order valence-electron chi connectivity index (χ3n) is 1.83. The van der Waals surface area contributed by atoms with Crippen molar-refractivity contribution in [3.8, 4) is 0 Å². The predicted octanol–water partition coefficient (Wildman–Crippen LogP) is 2.89. The minimum Gasteiger partial charge on any atom is -0.350 e. The van der Waals surface area contributed by atoms with Gasteiger partial charge in [-0.25, -0.2) is 0 Å². The molecule has 4 heteroatoms. The molecule has 1 unspecified atom stereocenters. The summed E-state index contributed by atoms with van der Waals surface area (Å²) < 4.78 is 0. The summed E-state index contributed by atoms with van der Waals surface area (Å²) >= 11 is 7.42. The molecule has 1 heterocycles. The molecule has 78 valence electrons. The van der Waals surface area contributed by atoms with Crippen molar-refractivity contribution in [1.82, 2.24) is 5.32 Å². The van der Waals surface area contributed by atoms with Crippen LogP contribution in [-0.2, 0) is 0 Å². The number of thiophene rings is 1. The standard InChI is InChI=1S/C10H14ClNOS/c1-2-4-8(11)7-12-10(13)9-5-3-6-14-9/h3,5-6,8H,2,4,7H2,1H3,(H,12,13). The molecule has 2 nitrogen and oxygen atoms in total. The zero-order valence-electron chi connectivity index (χ0n) is 8.13. The minimum atomic E-state index is -0.0262. The molecule has 0 saturated carbocycles. The first-order valence-corrected chi connectivity index (χ1v) is 6.01. The topological polar surface area (TPSA) is 29.1 Å². The van der Waals surface area contributed by atoms with Crippen LogP contribution in [0.4, 0.5) is 0 Å². The maximum atomic E-state index is 11.5. The Balaban J connectivity index is 2.28. The average molecular weight is 232 g/mol. The van der Waals surface area contributed by atoms with Gasteiger partial charge in [-0.1, -0.05) is 19.4 Å². The summed E-state index contributed by atoms with van der Waals surface area (Å²) in [6.45, 7) is 2.63. The van der Waals surface area contributed by atoms with Gasteiger partial charge < -0.3 is 5.32 Å². The molecule has 1 amide bonds. The third kappa shape index (κ3) is 3.68. The normalized spacial score (nSPS) is 12.4. The molecule has 0 aliphatic carbocycles. The highest BCUT2D eigenvalue weighted by molar-refractivity contribution is 7.12. The number of halogens is 1. The number of rotatable bonds is 5. The lowest BCUT2D eigenvalue weighted by molar-refractivity contribution is 0.0957. The summed E-state index contributed by atoms with van der Waals surface area (Å²) in [4.78, 5) is 12.2. The van der Waals surface area contributed by atoms with Crippen molar-refractivity contribution in [3.63, 3.8) is 0 Å². The van der Waals surface area contributed by atoms with Crippen LogP contribution in [0.1, 0.15) is 29.4 Å². The van der Waals surface area contributed by atoms with Gasteiger partial charge in [0.1, 0.15) is 0 Å². The SMILES string of the molecule is CCCC(Cl)CNC(=O)c1cccs1. The van der Waals surface area contributed by atoms with Gasteiger partial charge in [0.15, 0.2) is 0 Å². The van der Waals surface area contributed by atoms with Gasteiger partial charge in [0, 0.05) is 6.54 Å². The molecule has 1 aromatic heterocycles. The van der Waals surface area contributed by atoms with E-state index in [-0.39, 0.29) is 11.3 Å². The fourth-order valence-electron chi connectivity index (χ4n) is 1.11. The Labute approximate surface area is 93.3 Å². The van der Waals surface area contributed by atoms with E-state index in [9.17, 15) is 4.79 Å². The molecule has 1 N–H and O–H groups in total. The molecule has 0 aliphatic rings. The summed E-state index contributed by atoms with van der Waals surface area (Å²) in [5.74, 6) is -0.0262. The van der Waals surface area contributed by atoms with Crippen LogP contribution in [-0.4, -0.2) is 17.8 Å². The lowest BCUT2D eigenvalue weighted by atomic mass is 10.2. The van der Waals surface area contributed by atoms with Gasteiger partial charge in [0.25, 0.3) is 5.91 Å². The molecular weight excluding hydrogens is 218 g/mol. The highest BCUT2D eigenvalue weighted by Gasteiger charge is 2.08. The van der Waals surface area contributed by atoms with Crippen molar-refractivity contribution in [3.05, 3.63) is 22.4 Å². The Kier molecular flexibility index (Phi) is 4.98. The van der Waals surface area contributed by atoms with Gasteiger partial charge in [-0.05, 0) is 17.9 Å². The number of carbonyl (C=O) groups excluding carboxylic acids is 1. The van der Waals surface area contributed by atoms with Gasteiger partial charge >= 0.3 is 0 Å². The number of alkyl halides is 1. The summed E-state index contributed by atoms with van der Waals surface area (Å²) in [6.07, 6.45) is 1.98. The average Bonchev–Trinajstić information content (AvgIpc) is 2.67. The molecule has 0 radical (unpaired) electrons. The fourth-order valence-corrected chi connectivity index (χ4v) is 2.05. The second kappa shape index (κ2) is 6.04. The van der Waals surface area contributed by atoms with E-state index < -0.39 is 0 Å². The summed E-state index contributed by atoms with van der Waals surface area (Å²) in [5, 5.41) is 4.74. The molecule has 1 aromatic rings. The summed E-state index contributed by atoms with van der Waals surface area (Å²) in [5.41, 5.74) is 0. The van der Waals surface area contributed by atoms with Gasteiger partial charge in [-0.15, -0.1) is 22.9 Å². The molecule has 0 aliphatic heterocycles. The Morgan fingerprint density at radius 3 is 3.07 bits per heavy atom. The zero-order chi connectivity index (χ0) is 10.4. The van der Waals surface area contributed by atoms with Crippen molar-refractivity contribution in [1.29, 1.82) is 0 Å². The van der Waals surface area contributed by atoms with Gasteiger partial charge in [0.05, 0.1) is 10.3 Å². The second-order valence-electron chi connectivity index (χ2n) is 3.07. The van der Waals surface area contributed by atoms with Crippen LogP contribution >= 0.6 is 22.9 Å². The number of nitrogens with one attached hydrogen (secondary N) is 1. The Bertz CT molecular complexity index is 274. The Morgan fingerprint density at radius 1 is 1.71 bits per heavy atom. The van der Waals surface area contributed by atoms with Crippen LogP contribution in [0.15, 0.2) is 17.5 Å². The molecule has 0 fully saturated rings. The van der Waals surface area contributed by atoms with E-state index in [2.05, 4.69) is 12.2 Å². The van der Waals surface area contributed by atoms with E-state index in [1.807, 2.05) is 17.5 Å². The highest BCUT2D eigenvalue weighted by atomic mass is 35.5. The van der Waals surface area contributed by atoms with Gasteiger partial charge in [0.2, 0.25) is 0 Å². The fraction of sp³-hybridized carbons (Fsp3) is 0.500. The number of amides is 1. The van der Waals surface area contributed by atoms with Gasteiger partial charge in [-0.3, -0.25) is 4.79 Å². The van der Waals surface area contributed by atoms with E-state index in [1.54, 1.807) is 0 Å². The van der Waals surface area contributed by atoms with Crippen LogP contribution in [0.3, 0.4) is 0 Å². The lowest BCUT2D eigenvalue weighted by Crippen LogP contribution is -2.29. The largest absolute Gasteiger partial charge is 0.350 e. The van der Waals surface area contributed by atoms with E-state index in [4.69, 9.17) is 11.6 Å². The molecule has 0 aromatic carbocycles. The molecule has 0 bridgehead atoms. The summed E-state index contributed by atoms with van der Waals surface area (Å²) in [7, 11) is 0. The van der Waals surface area contributed by atoms with Crippen molar-refractivity contribution >= 4 is 28.8 Å². The Hall–Kier alpha value is -0.540. The van der Waals surface area contributed by atoms with Crippen LogP contribution in [0.25, 0.3) is 0 Å². The van der Waals surface area contributed by atoms with Gasteiger partial charge in [-0.2, -0.15) is 0 Å². The monoisotopic (exact) mass is 231 g/mol. The van der Waals surface area contributed by atoms with Crippen molar-refractivity contribution in [2.75, 3.05) is 6.54 Å². The smallest absolute Gasteiger partial charge is 0.261 e. The predicted molar refractivity (Wildman–Crippen MR) is 61.2 cm³/mol. The lowest BCUT2D eigenvalue weighted by Gasteiger charge is -2.08.